The molecule has 0 amide bonds. The molecule has 0 saturated carbocycles. The predicted molar refractivity (Wildman–Crippen MR) is 82.4 cm³/mol. The van der Waals surface area contributed by atoms with Crippen molar-refractivity contribution in [3.05, 3.63) is 23.0 Å². The van der Waals surface area contributed by atoms with E-state index in [9.17, 15) is 4.79 Å². The summed E-state index contributed by atoms with van der Waals surface area (Å²) in [4.78, 5) is 17.3. The Morgan fingerprint density at radius 2 is 2.05 bits per heavy atom. The first-order valence-corrected chi connectivity index (χ1v) is 7.56. The van der Waals surface area contributed by atoms with Crippen molar-refractivity contribution in [2.45, 2.75) is 33.7 Å². The second-order valence-electron chi connectivity index (χ2n) is 5.98. The molecule has 4 nitrogen and oxygen atoms in total. The number of hydrogen-bond donors (Lipinski definition) is 0. The van der Waals surface area contributed by atoms with Crippen LogP contribution in [-0.2, 0) is 7.05 Å². The van der Waals surface area contributed by atoms with Crippen LogP contribution in [0.2, 0.25) is 0 Å². The van der Waals surface area contributed by atoms with Crippen molar-refractivity contribution >= 4 is 5.78 Å². The van der Waals surface area contributed by atoms with Crippen molar-refractivity contribution in [1.29, 1.82) is 0 Å². The Hall–Kier alpha value is -1.13. The van der Waals surface area contributed by atoms with Crippen LogP contribution in [0.25, 0.3) is 0 Å². The molecule has 1 atom stereocenters. The first-order valence-electron chi connectivity index (χ1n) is 7.56. The Balaban J connectivity index is 2.00. The van der Waals surface area contributed by atoms with E-state index in [4.69, 9.17) is 0 Å². The van der Waals surface area contributed by atoms with Crippen LogP contribution in [0.15, 0.2) is 6.07 Å². The maximum Gasteiger partial charge on any atom is 0.178 e. The summed E-state index contributed by atoms with van der Waals surface area (Å²) < 4.78 is 2.09. The zero-order chi connectivity index (χ0) is 14.9. The first-order chi connectivity index (χ1) is 9.43. The number of hydrogen-bond acceptors (Lipinski definition) is 3. The molecule has 0 spiro atoms. The van der Waals surface area contributed by atoms with Gasteiger partial charge >= 0.3 is 0 Å². The molecule has 2 heterocycles. The van der Waals surface area contributed by atoms with Crippen molar-refractivity contribution in [2.75, 3.05) is 32.7 Å². The third-order valence-corrected chi connectivity index (χ3v) is 4.70. The van der Waals surface area contributed by atoms with Gasteiger partial charge in [0.25, 0.3) is 0 Å². The highest BCUT2D eigenvalue weighted by molar-refractivity contribution is 5.99. The number of aromatic nitrogens is 1. The summed E-state index contributed by atoms with van der Waals surface area (Å²) in [6.07, 6.45) is 0. The van der Waals surface area contributed by atoms with Crippen LogP contribution >= 0.6 is 0 Å². The van der Waals surface area contributed by atoms with E-state index in [0.29, 0.717) is 12.6 Å². The Kier molecular flexibility index (Phi) is 4.66. The standard InChI is InChI=1S/C16H27N3O/c1-6-19-8-7-18(10-13(19)3)11-16(20)15-9-12(2)17(5)14(15)4/h9,13H,6-8,10-11H2,1-5H3. The molecule has 20 heavy (non-hydrogen) atoms. The van der Waals surface area contributed by atoms with Crippen molar-refractivity contribution < 1.29 is 4.79 Å². The van der Waals surface area contributed by atoms with Crippen LogP contribution in [0.5, 0.6) is 0 Å². The lowest BCUT2D eigenvalue weighted by molar-refractivity contribution is 0.0722. The van der Waals surface area contributed by atoms with Crippen LogP contribution < -0.4 is 0 Å². The van der Waals surface area contributed by atoms with Crippen LogP contribution in [0, 0.1) is 13.8 Å². The lowest BCUT2D eigenvalue weighted by Crippen LogP contribution is -2.52. The summed E-state index contributed by atoms with van der Waals surface area (Å²) >= 11 is 0. The lowest BCUT2D eigenvalue weighted by Gasteiger charge is -2.39. The van der Waals surface area contributed by atoms with Crippen molar-refractivity contribution in [1.82, 2.24) is 14.4 Å². The second-order valence-corrected chi connectivity index (χ2v) is 5.98. The number of piperazine rings is 1. The summed E-state index contributed by atoms with van der Waals surface area (Å²) in [7, 11) is 2.02. The van der Waals surface area contributed by atoms with E-state index in [1.54, 1.807) is 0 Å². The zero-order valence-electron chi connectivity index (χ0n) is 13.4. The summed E-state index contributed by atoms with van der Waals surface area (Å²) in [6, 6.07) is 2.56. The SMILES string of the molecule is CCN1CCN(CC(=O)c2cc(C)n(C)c2C)CC1C. The number of ketones is 1. The molecule has 0 radical (unpaired) electrons. The molecule has 1 aliphatic heterocycles. The van der Waals surface area contributed by atoms with Gasteiger partial charge in [-0.05, 0) is 33.4 Å². The molecule has 112 valence electrons. The van der Waals surface area contributed by atoms with Crippen LogP contribution in [-0.4, -0.2) is 58.9 Å². The van der Waals surface area contributed by atoms with Crippen molar-refractivity contribution in [2.24, 2.45) is 7.05 Å². The summed E-state index contributed by atoms with van der Waals surface area (Å²) in [6.45, 7) is 13.2. The number of nitrogens with zero attached hydrogens (tertiary/aromatic N) is 3. The topological polar surface area (TPSA) is 28.5 Å². The molecule has 0 aliphatic carbocycles. The minimum atomic E-state index is 0.253. The van der Waals surface area contributed by atoms with E-state index in [0.717, 1.165) is 43.1 Å². The largest absolute Gasteiger partial charge is 0.351 e. The second kappa shape index (κ2) is 6.10. The van der Waals surface area contributed by atoms with Gasteiger partial charge in [0.2, 0.25) is 0 Å². The number of carbonyl (C=O) groups excluding carboxylic acids is 1. The van der Waals surface area contributed by atoms with Gasteiger partial charge in [0.1, 0.15) is 0 Å². The van der Waals surface area contributed by atoms with Gasteiger partial charge < -0.3 is 4.57 Å². The Labute approximate surface area is 122 Å². The van der Waals surface area contributed by atoms with Gasteiger partial charge in [0, 0.05) is 49.7 Å². The molecule has 0 N–H and O–H groups in total. The van der Waals surface area contributed by atoms with Gasteiger partial charge in [-0.3, -0.25) is 14.6 Å². The molecule has 1 aromatic rings. The third kappa shape index (κ3) is 2.96. The first kappa shape index (κ1) is 15.3. The molecular weight excluding hydrogens is 250 g/mol. The molecule has 0 bridgehead atoms. The Morgan fingerprint density at radius 3 is 2.55 bits per heavy atom. The summed E-state index contributed by atoms with van der Waals surface area (Å²) in [5.74, 6) is 0.253. The highest BCUT2D eigenvalue weighted by Gasteiger charge is 2.25. The minimum Gasteiger partial charge on any atom is -0.351 e. The lowest BCUT2D eigenvalue weighted by atomic mass is 10.1. The fourth-order valence-electron chi connectivity index (χ4n) is 3.11. The highest BCUT2D eigenvalue weighted by atomic mass is 16.1. The van der Waals surface area contributed by atoms with Gasteiger partial charge in [-0.15, -0.1) is 0 Å². The molecular formula is C16H27N3O. The van der Waals surface area contributed by atoms with Crippen LogP contribution in [0.3, 0.4) is 0 Å². The third-order valence-electron chi connectivity index (χ3n) is 4.70. The molecule has 4 heteroatoms. The summed E-state index contributed by atoms with van der Waals surface area (Å²) in [5, 5.41) is 0. The Bertz CT molecular complexity index is 492. The van der Waals surface area contributed by atoms with Gasteiger partial charge in [-0.1, -0.05) is 6.92 Å². The number of rotatable bonds is 4. The van der Waals surface area contributed by atoms with Gasteiger partial charge in [-0.2, -0.15) is 0 Å². The smallest absolute Gasteiger partial charge is 0.178 e. The normalized spacial score (nSPS) is 21.4. The van der Waals surface area contributed by atoms with Gasteiger partial charge in [0.05, 0.1) is 6.54 Å². The van der Waals surface area contributed by atoms with E-state index < -0.39 is 0 Å². The van der Waals surface area contributed by atoms with Crippen molar-refractivity contribution in [3.8, 4) is 0 Å². The fourth-order valence-corrected chi connectivity index (χ4v) is 3.11. The number of likely N-dealkylation sites (N-methyl/N-ethyl adjacent to an activating group) is 1. The van der Waals surface area contributed by atoms with E-state index in [1.807, 2.05) is 27.0 Å². The molecule has 1 aliphatic rings. The molecule has 0 aromatic carbocycles. The maximum absolute atomic E-state index is 12.5. The molecule has 1 fully saturated rings. The molecule has 2 rings (SSSR count). The monoisotopic (exact) mass is 277 g/mol. The average Bonchev–Trinajstić information content (AvgIpc) is 2.67. The zero-order valence-corrected chi connectivity index (χ0v) is 13.4. The van der Waals surface area contributed by atoms with Crippen LogP contribution in [0.1, 0.15) is 35.6 Å². The maximum atomic E-state index is 12.5. The highest BCUT2D eigenvalue weighted by Crippen LogP contribution is 2.16. The number of aryl methyl sites for hydroxylation is 1. The van der Waals surface area contributed by atoms with E-state index in [2.05, 4.69) is 28.2 Å². The Morgan fingerprint density at radius 1 is 1.35 bits per heavy atom. The molecule has 1 aromatic heterocycles. The van der Waals surface area contributed by atoms with Gasteiger partial charge in [0.15, 0.2) is 5.78 Å². The number of Topliss-reactive ketones (excluding diaryl/α,β-unsaturated/α-hetero) is 1. The molecule has 1 unspecified atom stereocenters. The van der Waals surface area contributed by atoms with Crippen LogP contribution in [0.4, 0.5) is 0 Å². The van der Waals surface area contributed by atoms with Crippen molar-refractivity contribution in [3.63, 3.8) is 0 Å². The van der Waals surface area contributed by atoms with Gasteiger partial charge in [-0.25, -0.2) is 0 Å². The van der Waals surface area contributed by atoms with E-state index in [1.165, 1.54) is 0 Å². The average molecular weight is 277 g/mol. The van der Waals surface area contributed by atoms with E-state index >= 15 is 0 Å². The number of carbonyl (C=O) groups is 1. The van der Waals surface area contributed by atoms with E-state index in [-0.39, 0.29) is 5.78 Å². The fraction of sp³-hybridized carbons (Fsp3) is 0.688. The quantitative estimate of drug-likeness (QED) is 0.786. The predicted octanol–water partition coefficient (Wildman–Crippen LogP) is 1.85. The minimum absolute atomic E-state index is 0.253. The molecule has 1 saturated heterocycles. The summed E-state index contributed by atoms with van der Waals surface area (Å²) in [5.41, 5.74) is 3.11.